The van der Waals surface area contributed by atoms with Crippen molar-refractivity contribution in [1.82, 2.24) is 20.4 Å². The number of nitrogens with zero attached hydrogens (tertiary/aromatic N) is 2. The third-order valence-electron chi connectivity index (χ3n) is 8.06. The van der Waals surface area contributed by atoms with Gasteiger partial charge in [-0.25, -0.2) is 4.79 Å². The second kappa shape index (κ2) is 15.9. The molecule has 2 aromatic rings. The van der Waals surface area contributed by atoms with Crippen molar-refractivity contribution in [3.8, 4) is 0 Å². The van der Waals surface area contributed by atoms with Gasteiger partial charge in [-0.2, -0.15) is 0 Å². The smallest absolute Gasteiger partial charge is 0.410 e. The van der Waals surface area contributed by atoms with Gasteiger partial charge in [0.1, 0.15) is 23.7 Å². The molecule has 0 fully saturated rings. The van der Waals surface area contributed by atoms with Crippen LogP contribution in [0.5, 0.6) is 0 Å². The van der Waals surface area contributed by atoms with Gasteiger partial charge in [-0.05, 0) is 69.6 Å². The maximum absolute atomic E-state index is 14.0. The Balaban J connectivity index is 1.78. The average Bonchev–Trinajstić information content (AvgIpc) is 3.00. The number of fused-ring (bicyclic) bond motifs is 1. The van der Waals surface area contributed by atoms with E-state index in [1.165, 1.54) is 22.4 Å². The Bertz CT molecular complexity index is 1310. The highest BCUT2D eigenvalue weighted by atomic mass is 16.6. The molecule has 1 unspecified atom stereocenters. The van der Waals surface area contributed by atoms with E-state index in [9.17, 15) is 19.2 Å². The van der Waals surface area contributed by atoms with Crippen LogP contribution in [0.3, 0.4) is 0 Å². The number of nitrogens with one attached hydrogen (secondary N) is 2. The summed E-state index contributed by atoms with van der Waals surface area (Å²) in [5.41, 5.74) is 2.52. The highest BCUT2D eigenvalue weighted by Gasteiger charge is 2.37. The Kier molecular flexibility index (Phi) is 12.6. The van der Waals surface area contributed by atoms with Gasteiger partial charge in [-0.3, -0.25) is 19.3 Å². The number of aryl methyl sites for hydroxylation is 1. The molecule has 0 saturated carbocycles. The highest BCUT2D eigenvalue weighted by Crippen LogP contribution is 2.29. The minimum absolute atomic E-state index is 0.0338. The molecule has 10 nitrogen and oxygen atoms in total. The summed E-state index contributed by atoms with van der Waals surface area (Å²) in [6, 6.07) is 14.7. The topological polar surface area (TPSA) is 117 Å². The van der Waals surface area contributed by atoms with Crippen molar-refractivity contribution in [3.63, 3.8) is 0 Å². The first-order valence-electron chi connectivity index (χ1n) is 15.7. The second-order valence-electron chi connectivity index (χ2n) is 13.1. The van der Waals surface area contributed by atoms with E-state index in [-0.39, 0.29) is 31.1 Å². The van der Waals surface area contributed by atoms with E-state index in [2.05, 4.69) is 16.7 Å². The molecule has 10 heteroatoms. The maximum Gasteiger partial charge on any atom is 0.410 e. The molecule has 1 aliphatic rings. The van der Waals surface area contributed by atoms with Crippen LogP contribution in [-0.4, -0.2) is 78.0 Å². The van der Waals surface area contributed by atoms with E-state index in [1.807, 2.05) is 62.4 Å². The van der Waals surface area contributed by atoms with E-state index in [0.717, 1.165) is 30.4 Å². The van der Waals surface area contributed by atoms with Crippen molar-refractivity contribution in [2.45, 2.75) is 97.2 Å². The Morgan fingerprint density at radius 2 is 1.56 bits per heavy atom. The number of ether oxygens (including phenoxy) is 2. The molecule has 4 atom stereocenters. The number of rotatable bonds is 12. The lowest BCUT2D eigenvalue weighted by Gasteiger charge is -2.35. The first-order valence-corrected chi connectivity index (χ1v) is 15.7. The summed E-state index contributed by atoms with van der Waals surface area (Å²) >= 11 is 0. The Labute approximate surface area is 267 Å². The van der Waals surface area contributed by atoms with Crippen LogP contribution < -0.4 is 10.6 Å². The van der Waals surface area contributed by atoms with E-state index in [4.69, 9.17) is 9.47 Å². The van der Waals surface area contributed by atoms with Crippen LogP contribution >= 0.6 is 0 Å². The largest absolute Gasteiger partial charge is 0.444 e. The predicted molar refractivity (Wildman–Crippen MR) is 173 cm³/mol. The van der Waals surface area contributed by atoms with Crippen LogP contribution in [0.15, 0.2) is 54.6 Å². The molecule has 0 radical (unpaired) electrons. The van der Waals surface area contributed by atoms with Crippen LogP contribution in [0.2, 0.25) is 0 Å². The normalized spacial score (nSPS) is 16.5. The lowest BCUT2D eigenvalue weighted by molar-refractivity contribution is -0.145. The maximum atomic E-state index is 14.0. The molecular formula is C35H50N4O6. The number of likely N-dealkylation sites (N-methyl/N-ethyl adjacent to an activating group) is 2. The summed E-state index contributed by atoms with van der Waals surface area (Å²) in [6.07, 6.45) is 2.06. The van der Waals surface area contributed by atoms with Crippen molar-refractivity contribution < 1.29 is 28.7 Å². The summed E-state index contributed by atoms with van der Waals surface area (Å²) in [5, 5.41) is 5.99. The molecule has 0 aromatic heterocycles. The lowest BCUT2D eigenvalue weighted by Crippen LogP contribution is -2.59. The minimum atomic E-state index is -0.949. The fraction of sp³-hybridized carbons (Fsp3) is 0.543. The van der Waals surface area contributed by atoms with Crippen molar-refractivity contribution in [2.75, 3.05) is 20.7 Å². The van der Waals surface area contributed by atoms with Gasteiger partial charge < -0.3 is 25.0 Å². The molecule has 0 saturated heterocycles. The van der Waals surface area contributed by atoms with Crippen molar-refractivity contribution in [1.29, 1.82) is 0 Å². The zero-order chi connectivity index (χ0) is 33.3. The van der Waals surface area contributed by atoms with Gasteiger partial charge in [-0.15, -0.1) is 0 Å². The molecule has 0 heterocycles. The fourth-order valence-electron chi connectivity index (χ4n) is 5.23. The quantitative estimate of drug-likeness (QED) is 0.357. The number of amides is 4. The van der Waals surface area contributed by atoms with E-state index < -0.39 is 41.6 Å². The van der Waals surface area contributed by atoms with E-state index in [0.29, 0.717) is 0 Å². The number of carbonyl (C=O) groups is 4. The third kappa shape index (κ3) is 10.0. The molecule has 0 aliphatic heterocycles. The predicted octanol–water partition coefficient (Wildman–Crippen LogP) is 4.62. The highest BCUT2D eigenvalue weighted by molar-refractivity contribution is 5.94. The average molecular weight is 623 g/mol. The van der Waals surface area contributed by atoms with E-state index in [1.54, 1.807) is 34.7 Å². The first kappa shape index (κ1) is 35.6. The van der Waals surface area contributed by atoms with E-state index >= 15 is 0 Å². The van der Waals surface area contributed by atoms with Crippen LogP contribution in [0.1, 0.15) is 77.1 Å². The number of carbonyl (C=O) groups excluding carboxylic acids is 4. The van der Waals surface area contributed by atoms with Gasteiger partial charge in [0.25, 0.3) is 0 Å². The third-order valence-corrected chi connectivity index (χ3v) is 8.06. The molecule has 4 amide bonds. The molecule has 2 N–H and O–H groups in total. The molecule has 3 rings (SSSR count). The summed E-state index contributed by atoms with van der Waals surface area (Å²) < 4.78 is 11.4. The van der Waals surface area contributed by atoms with Gasteiger partial charge in [0, 0.05) is 14.1 Å². The van der Waals surface area contributed by atoms with Crippen LogP contribution in [0.25, 0.3) is 0 Å². The van der Waals surface area contributed by atoms with Crippen molar-refractivity contribution >= 4 is 23.8 Å². The van der Waals surface area contributed by atoms with Gasteiger partial charge in [0.15, 0.2) is 0 Å². The monoisotopic (exact) mass is 622 g/mol. The molecule has 2 aromatic carbocycles. The second-order valence-corrected chi connectivity index (χ2v) is 13.1. The summed E-state index contributed by atoms with van der Waals surface area (Å²) in [6.45, 7) is 10.7. The van der Waals surface area contributed by atoms with Crippen LogP contribution in [0.4, 0.5) is 4.79 Å². The molecule has 45 heavy (non-hydrogen) atoms. The Hall–Kier alpha value is -3.92. The van der Waals surface area contributed by atoms with Crippen LogP contribution in [0, 0.1) is 5.92 Å². The summed E-state index contributed by atoms with van der Waals surface area (Å²) in [5.74, 6) is -1.57. The first-order chi connectivity index (χ1) is 21.2. The number of hydrogen-bond acceptors (Lipinski definition) is 6. The van der Waals surface area contributed by atoms with Gasteiger partial charge in [-0.1, -0.05) is 68.4 Å². The van der Waals surface area contributed by atoms with Crippen molar-refractivity contribution in [2.24, 2.45) is 5.92 Å². The fourth-order valence-corrected chi connectivity index (χ4v) is 5.23. The lowest BCUT2D eigenvalue weighted by atomic mass is 9.87. The summed E-state index contributed by atoms with van der Waals surface area (Å²) in [7, 11) is 3.04. The zero-order valence-corrected chi connectivity index (χ0v) is 28.0. The molecular weight excluding hydrogens is 572 g/mol. The minimum Gasteiger partial charge on any atom is -0.444 e. The summed E-state index contributed by atoms with van der Waals surface area (Å²) in [4.78, 5) is 56.3. The van der Waals surface area contributed by atoms with Gasteiger partial charge in [0.2, 0.25) is 17.7 Å². The number of benzene rings is 2. The Morgan fingerprint density at radius 1 is 0.911 bits per heavy atom. The molecule has 0 bridgehead atoms. The van der Waals surface area contributed by atoms with Crippen molar-refractivity contribution in [3.05, 3.63) is 71.3 Å². The van der Waals surface area contributed by atoms with Gasteiger partial charge >= 0.3 is 6.09 Å². The van der Waals surface area contributed by atoms with Crippen LogP contribution in [-0.2, 0) is 36.9 Å². The Morgan fingerprint density at radius 3 is 2.20 bits per heavy atom. The zero-order valence-electron chi connectivity index (χ0n) is 28.0. The molecule has 1 aliphatic carbocycles. The molecule has 246 valence electrons. The van der Waals surface area contributed by atoms with Gasteiger partial charge in [0.05, 0.1) is 19.3 Å². The molecule has 0 spiro atoms. The SMILES string of the molecule is CC(C)[C@H](NC(=O)[C@H](C)N(C)C(=O)OC(C)(C)C)C(=O)N(C)[C@@H](COCc1ccccc1)C(=O)NC1CCCc2ccccc21. The number of hydrogen-bond donors (Lipinski definition) is 2. The standard InChI is InChI=1S/C35H50N4O6/c1-23(2)30(37-31(40)24(3)38(7)34(43)45-35(4,5)6)33(42)39(8)29(22-44-21-25-15-10-9-11-16-25)32(41)36-28-20-14-18-26-17-12-13-19-27(26)28/h9-13,15-17,19,23-24,28-30H,14,18,20-22H2,1-8H3,(H,36,41)(H,37,40)/t24-,28?,29-,30-/m0/s1.